The largest absolute Gasteiger partial charge is 0.481 e. The van der Waals surface area contributed by atoms with Gasteiger partial charge in [0.05, 0.1) is 24.4 Å². The first-order valence-electron chi connectivity index (χ1n) is 6.92. The maximum absolute atomic E-state index is 12.6. The second-order valence-corrected chi connectivity index (χ2v) is 5.83. The molecule has 7 heteroatoms. The number of hydrogen-bond donors (Lipinski definition) is 1. The van der Waals surface area contributed by atoms with Crippen LogP contribution in [0, 0.1) is 0 Å². The fourth-order valence-corrected chi connectivity index (χ4v) is 3.10. The van der Waals surface area contributed by atoms with E-state index >= 15 is 0 Å². The molecular weight excluding hydrogens is 294 g/mol. The molecule has 1 aromatic heterocycles. The maximum Gasteiger partial charge on any atom is 0.305 e. The standard InChI is InChI=1S/C14H18ClN3O3/c1-18(13(21)10-8-16-9-11(15)17-10)14(7-12(19)20)5-3-2-4-6-14/h8-9H,2-7H2,1H3,(H,19,20). The molecule has 2 rings (SSSR count). The van der Waals surface area contributed by atoms with Crippen LogP contribution < -0.4 is 0 Å². The first kappa shape index (κ1) is 15.7. The van der Waals surface area contributed by atoms with Crippen LogP contribution in [0.25, 0.3) is 0 Å². The minimum absolute atomic E-state index is 0.0523. The number of rotatable bonds is 4. The Hall–Kier alpha value is -1.69. The average Bonchev–Trinajstić information content (AvgIpc) is 2.46. The van der Waals surface area contributed by atoms with Crippen molar-refractivity contribution in [3.8, 4) is 0 Å². The Kier molecular flexibility index (Phi) is 4.77. The van der Waals surface area contributed by atoms with Gasteiger partial charge in [0.15, 0.2) is 0 Å². The van der Waals surface area contributed by atoms with Gasteiger partial charge in [-0.25, -0.2) is 4.98 Å². The van der Waals surface area contributed by atoms with Gasteiger partial charge in [0, 0.05) is 7.05 Å². The Labute approximate surface area is 128 Å². The first-order chi connectivity index (χ1) is 9.94. The molecule has 0 radical (unpaired) electrons. The Balaban J connectivity index is 2.27. The van der Waals surface area contributed by atoms with Crippen LogP contribution in [0.4, 0.5) is 0 Å². The second kappa shape index (κ2) is 6.39. The van der Waals surface area contributed by atoms with E-state index in [9.17, 15) is 14.7 Å². The molecule has 1 N–H and O–H groups in total. The van der Waals surface area contributed by atoms with E-state index in [1.165, 1.54) is 17.3 Å². The lowest BCUT2D eigenvalue weighted by atomic mass is 9.78. The minimum Gasteiger partial charge on any atom is -0.481 e. The predicted molar refractivity (Wildman–Crippen MR) is 77.2 cm³/mol. The third-order valence-electron chi connectivity index (χ3n) is 4.10. The van der Waals surface area contributed by atoms with Crippen molar-refractivity contribution in [2.75, 3.05) is 7.05 Å². The van der Waals surface area contributed by atoms with Gasteiger partial charge < -0.3 is 10.0 Å². The highest BCUT2D eigenvalue weighted by Gasteiger charge is 2.41. The zero-order valence-electron chi connectivity index (χ0n) is 11.9. The predicted octanol–water partition coefficient (Wildman–Crippen LogP) is 2.38. The molecule has 1 aliphatic rings. The van der Waals surface area contributed by atoms with Crippen LogP contribution in [0.2, 0.25) is 5.15 Å². The lowest BCUT2D eigenvalue weighted by Crippen LogP contribution is -2.52. The molecule has 1 saturated carbocycles. The number of carboxylic acid groups (broad SMARTS) is 1. The molecule has 0 aromatic carbocycles. The number of aliphatic carboxylic acids is 1. The quantitative estimate of drug-likeness (QED) is 0.923. The lowest BCUT2D eigenvalue weighted by molar-refractivity contribution is -0.140. The van der Waals surface area contributed by atoms with Gasteiger partial charge >= 0.3 is 5.97 Å². The monoisotopic (exact) mass is 311 g/mol. The highest BCUT2D eigenvalue weighted by atomic mass is 35.5. The van der Waals surface area contributed by atoms with Crippen LogP contribution in [0.5, 0.6) is 0 Å². The Morgan fingerprint density at radius 2 is 2.00 bits per heavy atom. The van der Waals surface area contributed by atoms with E-state index in [4.69, 9.17) is 11.6 Å². The van der Waals surface area contributed by atoms with E-state index in [1.807, 2.05) is 0 Å². The van der Waals surface area contributed by atoms with E-state index in [1.54, 1.807) is 7.05 Å². The van der Waals surface area contributed by atoms with Crippen molar-refractivity contribution in [2.45, 2.75) is 44.1 Å². The van der Waals surface area contributed by atoms with Gasteiger partial charge in [-0.2, -0.15) is 0 Å². The van der Waals surface area contributed by atoms with Crippen molar-refractivity contribution in [3.05, 3.63) is 23.2 Å². The topological polar surface area (TPSA) is 83.4 Å². The number of carbonyl (C=O) groups is 2. The summed E-state index contributed by atoms with van der Waals surface area (Å²) in [6.45, 7) is 0. The fraction of sp³-hybridized carbons (Fsp3) is 0.571. The van der Waals surface area contributed by atoms with Crippen molar-refractivity contribution >= 4 is 23.5 Å². The van der Waals surface area contributed by atoms with Crippen LogP contribution >= 0.6 is 11.6 Å². The highest BCUT2D eigenvalue weighted by Crippen LogP contribution is 2.36. The third-order valence-corrected chi connectivity index (χ3v) is 4.29. The molecule has 0 unspecified atom stereocenters. The number of carbonyl (C=O) groups excluding carboxylic acids is 1. The fourth-order valence-electron chi connectivity index (χ4n) is 2.95. The summed E-state index contributed by atoms with van der Waals surface area (Å²) in [7, 11) is 1.64. The molecule has 114 valence electrons. The number of carboxylic acids is 1. The van der Waals surface area contributed by atoms with E-state index in [0.717, 1.165) is 19.3 Å². The van der Waals surface area contributed by atoms with Crippen LogP contribution in [-0.4, -0.2) is 44.4 Å². The summed E-state index contributed by atoms with van der Waals surface area (Å²) in [5.41, 5.74) is -0.508. The van der Waals surface area contributed by atoms with Crippen LogP contribution in [0.1, 0.15) is 49.0 Å². The molecule has 1 amide bonds. The molecule has 0 saturated heterocycles. The van der Waals surface area contributed by atoms with Crippen LogP contribution in [0.15, 0.2) is 12.4 Å². The molecular formula is C14H18ClN3O3. The number of halogens is 1. The molecule has 1 aromatic rings. The minimum atomic E-state index is -0.895. The molecule has 0 atom stereocenters. The summed E-state index contributed by atoms with van der Waals surface area (Å²) in [5.74, 6) is -1.23. The van der Waals surface area contributed by atoms with Gasteiger partial charge in [0.1, 0.15) is 10.8 Å². The molecule has 1 fully saturated rings. The van der Waals surface area contributed by atoms with Gasteiger partial charge in [-0.05, 0) is 12.8 Å². The van der Waals surface area contributed by atoms with Crippen molar-refractivity contribution in [1.82, 2.24) is 14.9 Å². The zero-order chi connectivity index (χ0) is 15.5. The highest BCUT2D eigenvalue weighted by molar-refractivity contribution is 6.29. The normalized spacial score (nSPS) is 17.2. The van der Waals surface area contributed by atoms with Crippen molar-refractivity contribution in [1.29, 1.82) is 0 Å². The third kappa shape index (κ3) is 3.50. The Morgan fingerprint density at radius 3 is 2.57 bits per heavy atom. The molecule has 6 nitrogen and oxygen atoms in total. The van der Waals surface area contributed by atoms with Gasteiger partial charge in [-0.1, -0.05) is 30.9 Å². The van der Waals surface area contributed by atoms with E-state index in [2.05, 4.69) is 9.97 Å². The van der Waals surface area contributed by atoms with E-state index in [0.29, 0.717) is 12.8 Å². The van der Waals surface area contributed by atoms with Gasteiger partial charge in [-0.3, -0.25) is 14.6 Å². The van der Waals surface area contributed by atoms with E-state index < -0.39 is 11.5 Å². The van der Waals surface area contributed by atoms with Gasteiger partial charge in [0.25, 0.3) is 5.91 Å². The van der Waals surface area contributed by atoms with Gasteiger partial charge in [0.2, 0.25) is 0 Å². The Morgan fingerprint density at radius 1 is 1.33 bits per heavy atom. The Bertz CT molecular complexity index is 544. The number of amides is 1. The SMILES string of the molecule is CN(C(=O)c1cncc(Cl)n1)C1(CC(=O)O)CCCCC1. The summed E-state index contributed by atoms with van der Waals surface area (Å²) >= 11 is 5.76. The van der Waals surface area contributed by atoms with Crippen LogP contribution in [0.3, 0.4) is 0 Å². The van der Waals surface area contributed by atoms with Crippen LogP contribution in [-0.2, 0) is 4.79 Å². The summed E-state index contributed by atoms with van der Waals surface area (Å²) in [6.07, 6.45) is 6.95. The number of aromatic nitrogens is 2. The molecule has 21 heavy (non-hydrogen) atoms. The lowest BCUT2D eigenvalue weighted by Gasteiger charge is -2.43. The second-order valence-electron chi connectivity index (χ2n) is 5.45. The first-order valence-corrected chi connectivity index (χ1v) is 7.30. The molecule has 1 heterocycles. The van der Waals surface area contributed by atoms with Crippen molar-refractivity contribution in [2.24, 2.45) is 0 Å². The maximum atomic E-state index is 12.6. The molecule has 0 aliphatic heterocycles. The number of nitrogens with zero attached hydrogens (tertiary/aromatic N) is 3. The van der Waals surface area contributed by atoms with Gasteiger partial charge in [-0.15, -0.1) is 0 Å². The van der Waals surface area contributed by atoms with Crippen molar-refractivity contribution in [3.63, 3.8) is 0 Å². The van der Waals surface area contributed by atoms with E-state index in [-0.39, 0.29) is 23.2 Å². The summed E-state index contributed by atoms with van der Waals surface area (Å²) in [4.78, 5) is 33.1. The summed E-state index contributed by atoms with van der Waals surface area (Å²) in [5, 5.41) is 9.33. The number of hydrogen-bond acceptors (Lipinski definition) is 4. The van der Waals surface area contributed by atoms with Crippen molar-refractivity contribution < 1.29 is 14.7 Å². The molecule has 1 aliphatic carbocycles. The summed E-state index contributed by atoms with van der Waals surface area (Å²) < 4.78 is 0. The molecule has 0 bridgehead atoms. The smallest absolute Gasteiger partial charge is 0.305 e. The summed E-state index contributed by atoms with van der Waals surface area (Å²) in [6, 6.07) is 0. The molecule has 0 spiro atoms. The average molecular weight is 312 g/mol. The zero-order valence-corrected chi connectivity index (χ0v) is 12.6.